The lowest BCUT2D eigenvalue weighted by Gasteiger charge is -2.25. The van der Waals surface area contributed by atoms with E-state index < -0.39 is 0 Å². The Hall–Kier alpha value is -1.31. The summed E-state index contributed by atoms with van der Waals surface area (Å²) in [5.41, 5.74) is 2.91. The highest BCUT2D eigenvalue weighted by Crippen LogP contribution is 2.36. The van der Waals surface area contributed by atoms with Crippen LogP contribution in [-0.4, -0.2) is 25.4 Å². The lowest BCUT2D eigenvalue weighted by atomic mass is 9.80. The van der Waals surface area contributed by atoms with Gasteiger partial charge in [-0.3, -0.25) is 4.79 Å². The van der Waals surface area contributed by atoms with Crippen molar-refractivity contribution in [3.8, 4) is 0 Å². The van der Waals surface area contributed by atoms with Crippen LogP contribution < -0.4 is 0 Å². The molecule has 1 aliphatic carbocycles. The van der Waals surface area contributed by atoms with Crippen molar-refractivity contribution in [1.82, 2.24) is 4.90 Å². The third kappa shape index (κ3) is 6.43. The van der Waals surface area contributed by atoms with Gasteiger partial charge in [0.2, 0.25) is 6.41 Å². The number of carbonyl (C=O) groups excluding carboxylic acids is 1. The van der Waals surface area contributed by atoms with Crippen LogP contribution in [0.5, 0.6) is 0 Å². The van der Waals surface area contributed by atoms with Crippen molar-refractivity contribution < 1.29 is 4.79 Å². The molecule has 1 saturated carbocycles. The monoisotopic (exact) mass is 249 g/mol. The van der Waals surface area contributed by atoms with Gasteiger partial charge in [0.25, 0.3) is 0 Å². The van der Waals surface area contributed by atoms with E-state index in [1.807, 2.05) is 13.8 Å². The Balaban J connectivity index is 0.000000354. The average Bonchev–Trinajstić information content (AvgIpc) is 2.33. The minimum absolute atomic E-state index is 0.750. The molecule has 2 heteroatoms. The van der Waals surface area contributed by atoms with E-state index in [0.29, 0.717) is 0 Å². The second-order valence-corrected chi connectivity index (χ2v) is 4.61. The summed E-state index contributed by atoms with van der Waals surface area (Å²) in [6, 6.07) is 8.99. The minimum atomic E-state index is 0.750. The molecule has 1 aliphatic rings. The SMILES string of the molecule is CC.CN(C)C=O.Cc1ccc(C2CCC2)cc1. The highest BCUT2D eigenvalue weighted by Gasteiger charge is 2.18. The molecule has 2 nitrogen and oxygen atoms in total. The van der Waals surface area contributed by atoms with Crippen LogP contribution in [0.15, 0.2) is 24.3 Å². The second kappa shape index (κ2) is 9.69. The van der Waals surface area contributed by atoms with Crippen LogP contribution >= 0.6 is 0 Å². The number of aryl methyl sites for hydroxylation is 1. The lowest BCUT2D eigenvalue weighted by Crippen LogP contribution is -2.08. The molecule has 0 bridgehead atoms. The zero-order chi connectivity index (χ0) is 14.0. The van der Waals surface area contributed by atoms with E-state index in [0.717, 1.165) is 12.3 Å². The number of benzene rings is 1. The van der Waals surface area contributed by atoms with Crippen molar-refractivity contribution in [2.24, 2.45) is 0 Å². The fourth-order valence-corrected chi connectivity index (χ4v) is 1.58. The van der Waals surface area contributed by atoms with E-state index in [1.165, 1.54) is 29.7 Å². The predicted molar refractivity (Wildman–Crippen MR) is 78.9 cm³/mol. The molecule has 2 rings (SSSR count). The van der Waals surface area contributed by atoms with Gasteiger partial charge in [0, 0.05) is 14.1 Å². The fourth-order valence-electron chi connectivity index (χ4n) is 1.58. The summed E-state index contributed by atoms with van der Waals surface area (Å²) in [5.74, 6) is 0.885. The molecule has 0 atom stereocenters. The summed E-state index contributed by atoms with van der Waals surface area (Å²) >= 11 is 0. The highest BCUT2D eigenvalue weighted by molar-refractivity contribution is 5.45. The smallest absolute Gasteiger partial charge is 0.209 e. The molecule has 0 N–H and O–H groups in total. The van der Waals surface area contributed by atoms with Gasteiger partial charge in [0.15, 0.2) is 0 Å². The maximum absolute atomic E-state index is 9.43. The predicted octanol–water partition coefficient (Wildman–Crippen LogP) is 3.99. The van der Waals surface area contributed by atoms with E-state index in [9.17, 15) is 4.79 Å². The summed E-state index contributed by atoms with van der Waals surface area (Å²) in [5, 5.41) is 0. The Morgan fingerprint density at radius 3 is 1.83 bits per heavy atom. The molecule has 1 aromatic carbocycles. The van der Waals surface area contributed by atoms with E-state index in [-0.39, 0.29) is 0 Å². The molecule has 0 spiro atoms. The highest BCUT2D eigenvalue weighted by atomic mass is 16.1. The molecule has 0 radical (unpaired) electrons. The molecule has 0 saturated heterocycles. The zero-order valence-electron chi connectivity index (χ0n) is 12.4. The van der Waals surface area contributed by atoms with E-state index in [2.05, 4.69) is 31.2 Å². The number of nitrogens with zero attached hydrogens (tertiary/aromatic N) is 1. The van der Waals surface area contributed by atoms with Crippen molar-refractivity contribution in [3.05, 3.63) is 35.4 Å². The lowest BCUT2D eigenvalue weighted by molar-refractivity contribution is -0.115. The summed E-state index contributed by atoms with van der Waals surface area (Å²) in [6.07, 6.45) is 4.99. The first-order chi connectivity index (χ1) is 8.63. The Labute approximate surface area is 112 Å². The van der Waals surface area contributed by atoms with Gasteiger partial charge in [0.1, 0.15) is 0 Å². The Morgan fingerprint density at radius 1 is 1.11 bits per heavy atom. The van der Waals surface area contributed by atoms with Crippen LogP contribution in [0.3, 0.4) is 0 Å². The summed E-state index contributed by atoms with van der Waals surface area (Å²) in [7, 11) is 3.38. The first-order valence-corrected chi connectivity index (χ1v) is 6.81. The van der Waals surface area contributed by atoms with Gasteiger partial charge in [-0.15, -0.1) is 0 Å². The van der Waals surface area contributed by atoms with Crippen molar-refractivity contribution in [2.75, 3.05) is 14.1 Å². The molecule has 1 fully saturated rings. The Morgan fingerprint density at radius 2 is 1.56 bits per heavy atom. The van der Waals surface area contributed by atoms with Gasteiger partial charge in [-0.05, 0) is 31.2 Å². The van der Waals surface area contributed by atoms with E-state index >= 15 is 0 Å². The molecule has 1 amide bonds. The quantitative estimate of drug-likeness (QED) is 0.726. The van der Waals surface area contributed by atoms with Gasteiger partial charge in [-0.1, -0.05) is 50.1 Å². The van der Waals surface area contributed by atoms with Gasteiger partial charge in [0.05, 0.1) is 0 Å². The number of rotatable bonds is 2. The first kappa shape index (κ1) is 16.7. The van der Waals surface area contributed by atoms with Gasteiger partial charge in [-0.2, -0.15) is 0 Å². The topological polar surface area (TPSA) is 20.3 Å². The summed E-state index contributed by atoms with van der Waals surface area (Å²) < 4.78 is 0. The standard InChI is InChI=1S/C11H14.C3H7NO.C2H6/c1-9-5-7-11(8-6-9)10-3-2-4-10;1-4(2)3-5;1-2/h5-8,10H,2-4H2,1H3;3H,1-2H3;1-2H3. The maximum Gasteiger partial charge on any atom is 0.209 e. The van der Waals surface area contributed by atoms with E-state index in [1.54, 1.807) is 19.7 Å². The molecular formula is C16H27NO. The first-order valence-electron chi connectivity index (χ1n) is 6.81. The summed E-state index contributed by atoms with van der Waals surface area (Å²) in [4.78, 5) is 10.9. The fraction of sp³-hybridized carbons (Fsp3) is 0.562. The molecule has 0 aromatic heterocycles. The maximum atomic E-state index is 9.43. The van der Waals surface area contributed by atoms with Crippen molar-refractivity contribution in [3.63, 3.8) is 0 Å². The van der Waals surface area contributed by atoms with Crippen LogP contribution in [0, 0.1) is 6.92 Å². The molecule has 0 unspecified atom stereocenters. The molecule has 18 heavy (non-hydrogen) atoms. The summed E-state index contributed by atoms with van der Waals surface area (Å²) in [6.45, 7) is 6.14. The molecule has 102 valence electrons. The number of hydrogen-bond acceptors (Lipinski definition) is 1. The Kier molecular flexibility index (Phi) is 8.99. The largest absolute Gasteiger partial charge is 0.351 e. The van der Waals surface area contributed by atoms with Gasteiger partial charge >= 0.3 is 0 Å². The molecule has 0 aliphatic heterocycles. The van der Waals surface area contributed by atoms with E-state index in [4.69, 9.17) is 0 Å². The van der Waals surface area contributed by atoms with Crippen LogP contribution in [0.2, 0.25) is 0 Å². The third-order valence-corrected chi connectivity index (χ3v) is 2.86. The Bertz CT molecular complexity index is 312. The average molecular weight is 249 g/mol. The van der Waals surface area contributed by atoms with Crippen LogP contribution in [0.25, 0.3) is 0 Å². The molecule has 1 aromatic rings. The molecular weight excluding hydrogens is 222 g/mol. The number of carbonyl (C=O) groups is 1. The second-order valence-electron chi connectivity index (χ2n) is 4.61. The third-order valence-electron chi connectivity index (χ3n) is 2.86. The van der Waals surface area contributed by atoms with Crippen LogP contribution in [0.4, 0.5) is 0 Å². The normalized spacial score (nSPS) is 13.2. The van der Waals surface area contributed by atoms with Crippen molar-refractivity contribution in [2.45, 2.75) is 46.0 Å². The van der Waals surface area contributed by atoms with Crippen molar-refractivity contribution >= 4 is 6.41 Å². The van der Waals surface area contributed by atoms with Gasteiger partial charge in [-0.25, -0.2) is 0 Å². The van der Waals surface area contributed by atoms with Crippen LogP contribution in [0.1, 0.15) is 50.2 Å². The van der Waals surface area contributed by atoms with Crippen molar-refractivity contribution in [1.29, 1.82) is 0 Å². The van der Waals surface area contributed by atoms with Crippen LogP contribution in [-0.2, 0) is 4.79 Å². The molecule has 0 heterocycles. The minimum Gasteiger partial charge on any atom is -0.351 e. The van der Waals surface area contributed by atoms with Gasteiger partial charge < -0.3 is 4.90 Å². The number of hydrogen-bond donors (Lipinski definition) is 0. The number of amides is 1. The zero-order valence-corrected chi connectivity index (χ0v) is 12.4.